The second-order valence-corrected chi connectivity index (χ2v) is 7.53. The van der Waals surface area contributed by atoms with Gasteiger partial charge in [-0.05, 0) is 71.2 Å². The zero-order valence-corrected chi connectivity index (χ0v) is 21.1. The second-order valence-electron chi connectivity index (χ2n) is 7.53. The normalized spacial score (nSPS) is 12.5. The van der Waals surface area contributed by atoms with Gasteiger partial charge in [0.05, 0.1) is 18.3 Å². The third-order valence-electron chi connectivity index (χ3n) is 4.59. The zero-order chi connectivity index (χ0) is 20.7. The van der Waals surface area contributed by atoms with E-state index >= 15 is 0 Å². The summed E-state index contributed by atoms with van der Waals surface area (Å²) in [4.78, 5) is 4.75. The highest BCUT2D eigenvalue weighted by Gasteiger charge is 2.14. The van der Waals surface area contributed by atoms with Gasteiger partial charge in [-0.3, -0.25) is 4.68 Å². The van der Waals surface area contributed by atoms with Crippen LogP contribution in [-0.4, -0.2) is 34.4 Å². The molecule has 0 fully saturated rings. The fourth-order valence-corrected chi connectivity index (χ4v) is 3.18. The highest BCUT2D eigenvalue weighted by Crippen LogP contribution is 2.16. The van der Waals surface area contributed by atoms with E-state index in [4.69, 9.17) is 9.73 Å². The van der Waals surface area contributed by atoms with Crippen LogP contribution in [-0.2, 0) is 20.0 Å². The molecule has 2 aromatic rings. The molecule has 0 saturated carbocycles. The molecule has 0 aliphatic rings. The summed E-state index contributed by atoms with van der Waals surface area (Å²) in [6.45, 7) is 13.9. The van der Waals surface area contributed by atoms with E-state index in [1.54, 1.807) is 0 Å². The van der Waals surface area contributed by atoms with Crippen molar-refractivity contribution < 1.29 is 4.74 Å². The van der Waals surface area contributed by atoms with Gasteiger partial charge in [0.25, 0.3) is 0 Å². The molecule has 0 spiro atoms. The van der Waals surface area contributed by atoms with Gasteiger partial charge in [0, 0.05) is 25.3 Å². The van der Waals surface area contributed by atoms with Crippen LogP contribution in [0.15, 0.2) is 29.3 Å². The summed E-state index contributed by atoms with van der Waals surface area (Å²) in [6.07, 6.45) is 1.08. The molecule has 6 nitrogen and oxygen atoms in total. The fourth-order valence-electron chi connectivity index (χ4n) is 3.18. The highest BCUT2D eigenvalue weighted by atomic mass is 127. The number of rotatable bonds is 8. The van der Waals surface area contributed by atoms with Crippen molar-refractivity contribution in [3.8, 4) is 5.75 Å². The van der Waals surface area contributed by atoms with Gasteiger partial charge in [0.2, 0.25) is 0 Å². The Bertz CT molecular complexity index is 800. The number of ether oxygens (including phenoxy) is 1. The molecule has 2 N–H and O–H groups in total. The van der Waals surface area contributed by atoms with Gasteiger partial charge >= 0.3 is 0 Å². The molecule has 1 unspecified atom stereocenters. The number of hydrogen-bond donors (Lipinski definition) is 2. The lowest BCUT2D eigenvalue weighted by Gasteiger charge is -2.18. The van der Waals surface area contributed by atoms with Crippen LogP contribution in [0.4, 0.5) is 0 Å². The van der Waals surface area contributed by atoms with Gasteiger partial charge < -0.3 is 15.4 Å². The van der Waals surface area contributed by atoms with E-state index in [1.165, 1.54) is 11.3 Å². The standard InChI is InChI=1S/C22H35N5O.HI/c1-8-23-22(24-14-19-10-9-11-20(13-19)28-15(2)3)25-16(4)12-21-17(5)26-27(7)18(21)6;/h9-11,13,15-16H,8,12,14H2,1-7H3,(H2,23,24,25);1H. The van der Waals surface area contributed by atoms with Gasteiger partial charge in [0.1, 0.15) is 5.75 Å². The van der Waals surface area contributed by atoms with Gasteiger partial charge in [-0.1, -0.05) is 12.1 Å². The third kappa shape index (κ3) is 7.87. The average Bonchev–Trinajstić information content (AvgIpc) is 2.86. The Balaban J connectivity index is 0.00000420. The van der Waals surface area contributed by atoms with E-state index in [9.17, 15) is 0 Å². The first-order chi connectivity index (χ1) is 13.3. The summed E-state index contributed by atoms with van der Waals surface area (Å²) in [5.74, 6) is 1.71. The summed E-state index contributed by atoms with van der Waals surface area (Å²) < 4.78 is 7.72. The summed E-state index contributed by atoms with van der Waals surface area (Å²) in [7, 11) is 1.99. The molecule has 1 aromatic heterocycles. The van der Waals surface area contributed by atoms with E-state index < -0.39 is 0 Å². The number of guanidine groups is 1. The molecule has 0 bridgehead atoms. The van der Waals surface area contributed by atoms with E-state index in [2.05, 4.69) is 55.6 Å². The van der Waals surface area contributed by atoms with Crippen LogP contribution in [0.25, 0.3) is 0 Å². The topological polar surface area (TPSA) is 63.5 Å². The predicted molar refractivity (Wildman–Crippen MR) is 131 cm³/mol. The Hall–Kier alpha value is -1.77. The quantitative estimate of drug-likeness (QED) is 0.317. The van der Waals surface area contributed by atoms with Crippen molar-refractivity contribution in [2.24, 2.45) is 12.0 Å². The molecule has 0 aliphatic heterocycles. The zero-order valence-electron chi connectivity index (χ0n) is 18.7. The molecule has 1 atom stereocenters. The van der Waals surface area contributed by atoms with E-state index in [0.29, 0.717) is 6.54 Å². The van der Waals surface area contributed by atoms with Crippen LogP contribution < -0.4 is 15.4 Å². The Kier molecular flexibility index (Phi) is 10.5. The number of aromatic nitrogens is 2. The van der Waals surface area contributed by atoms with Crippen molar-refractivity contribution in [3.05, 3.63) is 46.8 Å². The molecular weight excluding hydrogens is 477 g/mol. The largest absolute Gasteiger partial charge is 0.491 e. The number of halogens is 1. The van der Waals surface area contributed by atoms with Crippen LogP contribution in [0, 0.1) is 13.8 Å². The van der Waals surface area contributed by atoms with Gasteiger partial charge in [-0.25, -0.2) is 4.99 Å². The average molecular weight is 513 g/mol. The first-order valence-electron chi connectivity index (χ1n) is 10.1. The maximum Gasteiger partial charge on any atom is 0.191 e. The van der Waals surface area contributed by atoms with Crippen LogP contribution in [0.2, 0.25) is 0 Å². The molecule has 1 aromatic carbocycles. The van der Waals surface area contributed by atoms with Crippen LogP contribution in [0.1, 0.15) is 50.2 Å². The maximum absolute atomic E-state index is 5.78. The fraction of sp³-hybridized carbons (Fsp3) is 0.545. The minimum atomic E-state index is 0. The van der Waals surface area contributed by atoms with Crippen molar-refractivity contribution in [3.63, 3.8) is 0 Å². The number of nitrogens with zero attached hydrogens (tertiary/aromatic N) is 3. The number of benzene rings is 1. The molecule has 29 heavy (non-hydrogen) atoms. The lowest BCUT2D eigenvalue weighted by Crippen LogP contribution is -2.43. The van der Waals surface area contributed by atoms with Crippen LogP contribution in [0.3, 0.4) is 0 Å². The van der Waals surface area contributed by atoms with Crippen LogP contribution in [0.5, 0.6) is 5.75 Å². The van der Waals surface area contributed by atoms with Crippen molar-refractivity contribution in [1.29, 1.82) is 0 Å². The number of nitrogens with one attached hydrogen (secondary N) is 2. The lowest BCUT2D eigenvalue weighted by molar-refractivity contribution is 0.242. The van der Waals surface area contributed by atoms with Gasteiger partial charge in [-0.2, -0.15) is 5.10 Å². The predicted octanol–water partition coefficient (Wildman–Crippen LogP) is 4.13. The minimum absolute atomic E-state index is 0. The Morgan fingerprint density at radius 2 is 1.97 bits per heavy atom. The number of aliphatic imine (C=N–C) groups is 1. The van der Waals surface area contributed by atoms with Crippen molar-refractivity contribution >= 4 is 29.9 Å². The Labute approximate surface area is 192 Å². The van der Waals surface area contributed by atoms with Crippen molar-refractivity contribution in [2.75, 3.05) is 6.54 Å². The van der Waals surface area contributed by atoms with Gasteiger partial charge in [0.15, 0.2) is 5.96 Å². The van der Waals surface area contributed by atoms with Crippen molar-refractivity contribution in [1.82, 2.24) is 20.4 Å². The molecule has 0 aliphatic carbocycles. The first-order valence-corrected chi connectivity index (χ1v) is 10.1. The summed E-state index contributed by atoms with van der Waals surface area (Å²) in [5, 5.41) is 11.4. The summed E-state index contributed by atoms with van der Waals surface area (Å²) >= 11 is 0. The van der Waals surface area contributed by atoms with E-state index in [-0.39, 0.29) is 36.1 Å². The monoisotopic (exact) mass is 513 g/mol. The maximum atomic E-state index is 5.78. The highest BCUT2D eigenvalue weighted by molar-refractivity contribution is 14.0. The first kappa shape index (κ1) is 25.3. The minimum Gasteiger partial charge on any atom is -0.491 e. The molecule has 0 radical (unpaired) electrons. The molecule has 0 amide bonds. The van der Waals surface area contributed by atoms with Crippen LogP contribution >= 0.6 is 24.0 Å². The molecule has 7 heteroatoms. The molecule has 2 rings (SSSR count). The number of aryl methyl sites for hydroxylation is 2. The molecule has 1 heterocycles. The lowest BCUT2D eigenvalue weighted by atomic mass is 10.1. The summed E-state index contributed by atoms with van der Waals surface area (Å²) in [5.41, 5.74) is 4.74. The Morgan fingerprint density at radius 1 is 1.24 bits per heavy atom. The van der Waals surface area contributed by atoms with E-state index in [1.807, 2.05) is 37.7 Å². The second kappa shape index (κ2) is 12.0. The number of hydrogen-bond acceptors (Lipinski definition) is 3. The molecular formula is C22H36IN5O. The summed E-state index contributed by atoms with van der Waals surface area (Å²) in [6, 6.07) is 8.37. The SMILES string of the molecule is CCNC(=NCc1cccc(OC(C)C)c1)NC(C)Cc1c(C)nn(C)c1C.I. The van der Waals surface area contributed by atoms with E-state index in [0.717, 1.165) is 35.9 Å². The third-order valence-corrected chi connectivity index (χ3v) is 4.59. The molecule has 162 valence electrons. The Morgan fingerprint density at radius 3 is 2.55 bits per heavy atom. The molecule has 0 saturated heterocycles. The van der Waals surface area contributed by atoms with Gasteiger partial charge in [-0.15, -0.1) is 24.0 Å². The van der Waals surface area contributed by atoms with Crippen molar-refractivity contribution in [2.45, 2.75) is 66.7 Å². The smallest absolute Gasteiger partial charge is 0.191 e.